The van der Waals surface area contributed by atoms with E-state index in [9.17, 15) is 24.6 Å². The summed E-state index contributed by atoms with van der Waals surface area (Å²) in [6.07, 6.45) is 2.59. The minimum atomic E-state index is -1.20. The van der Waals surface area contributed by atoms with Crippen LogP contribution in [0, 0.1) is 5.92 Å². The van der Waals surface area contributed by atoms with Crippen molar-refractivity contribution in [2.75, 3.05) is 10.6 Å². The molecule has 9 heteroatoms. The van der Waals surface area contributed by atoms with E-state index in [1.807, 2.05) is 0 Å². The van der Waals surface area contributed by atoms with E-state index < -0.39 is 24.0 Å². The highest BCUT2D eigenvalue weighted by Crippen LogP contribution is 2.47. The van der Waals surface area contributed by atoms with Gasteiger partial charge in [0, 0.05) is 23.8 Å². The van der Waals surface area contributed by atoms with E-state index in [4.69, 9.17) is 0 Å². The fourth-order valence-electron chi connectivity index (χ4n) is 4.04. The van der Waals surface area contributed by atoms with Crippen LogP contribution in [0.5, 0.6) is 0 Å². The molecule has 4 rings (SSSR count). The van der Waals surface area contributed by atoms with Gasteiger partial charge in [-0.3, -0.25) is 9.78 Å². The molecule has 30 heavy (non-hydrogen) atoms. The van der Waals surface area contributed by atoms with Gasteiger partial charge in [-0.15, -0.1) is 0 Å². The van der Waals surface area contributed by atoms with E-state index in [1.54, 1.807) is 48.8 Å². The number of β-lactam (4-membered cyclic amide) rings is 1. The highest BCUT2D eigenvalue weighted by atomic mass is 16.4. The number of hydrogen-bond acceptors (Lipinski definition) is 5. The molecule has 2 aliphatic heterocycles. The summed E-state index contributed by atoms with van der Waals surface area (Å²) in [5, 5.41) is 24.9. The van der Waals surface area contributed by atoms with Gasteiger partial charge in [0.1, 0.15) is 5.70 Å². The van der Waals surface area contributed by atoms with Crippen molar-refractivity contribution in [3.8, 4) is 0 Å². The Hall–Kier alpha value is -3.72. The van der Waals surface area contributed by atoms with Crippen molar-refractivity contribution in [3.63, 3.8) is 0 Å². The van der Waals surface area contributed by atoms with Crippen molar-refractivity contribution < 1.29 is 24.6 Å². The van der Waals surface area contributed by atoms with Crippen LogP contribution in [0.4, 0.5) is 16.2 Å². The van der Waals surface area contributed by atoms with Crippen LogP contribution in [0.1, 0.15) is 18.9 Å². The molecule has 3 amide bonds. The first-order valence-electron chi connectivity index (χ1n) is 9.43. The SMILES string of the molecule is C[C@@H](O)[C@H]1C(=O)N2C(C(=O)O)=C(c3cccc(NC(=O)Nc4ccncc4)c3)C[C@H]12. The second-order valence-corrected chi connectivity index (χ2v) is 7.27. The predicted octanol–water partition coefficient (Wildman–Crippen LogP) is 2.13. The maximum absolute atomic E-state index is 12.4. The van der Waals surface area contributed by atoms with Crippen molar-refractivity contribution in [1.82, 2.24) is 9.88 Å². The largest absolute Gasteiger partial charge is 0.477 e. The molecule has 0 saturated carbocycles. The molecule has 0 unspecified atom stereocenters. The van der Waals surface area contributed by atoms with Gasteiger partial charge in [-0.1, -0.05) is 12.1 Å². The number of benzene rings is 1. The van der Waals surface area contributed by atoms with Crippen LogP contribution in [0.25, 0.3) is 5.57 Å². The molecule has 0 spiro atoms. The zero-order valence-electron chi connectivity index (χ0n) is 16.1. The first kappa shape index (κ1) is 19.6. The zero-order valence-corrected chi connectivity index (χ0v) is 16.1. The quantitative estimate of drug-likeness (QED) is 0.561. The van der Waals surface area contributed by atoms with Crippen LogP contribution in [-0.4, -0.2) is 50.2 Å². The van der Waals surface area contributed by atoms with Crippen molar-refractivity contribution in [3.05, 3.63) is 60.1 Å². The molecule has 1 saturated heterocycles. The summed E-state index contributed by atoms with van der Waals surface area (Å²) >= 11 is 0. The van der Waals surface area contributed by atoms with Crippen molar-refractivity contribution in [2.45, 2.75) is 25.5 Å². The Kier molecular flexibility index (Phi) is 4.96. The van der Waals surface area contributed by atoms with E-state index >= 15 is 0 Å². The number of aliphatic carboxylic acids is 1. The lowest BCUT2D eigenvalue weighted by molar-refractivity contribution is -0.161. The van der Waals surface area contributed by atoms with Gasteiger partial charge in [0.05, 0.1) is 18.1 Å². The summed E-state index contributed by atoms with van der Waals surface area (Å²) in [7, 11) is 0. The van der Waals surface area contributed by atoms with Crippen LogP contribution < -0.4 is 10.6 Å². The molecule has 9 nitrogen and oxygen atoms in total. The molecule has 0 bridgehead atoms. The Morgan fingerprint density at radius 3 is 2.53 bits per heavy atom. The van der Waals surface area contributed by atoms with Crippen LogP contribution in [0.15, 0.2) is 54.5 Å². The molecule has 0 aliphatic carbocycles. The number of carboxylic acid groups (broad SMARTS) is 1. The molecular weight excluding hydrogens is 388 g/mol. The number of carboxylic acids is 1. The van der Waals surface area contributed by atoms with Gasteiger partial charge in [0.15, 0.2) is 0 Å². The highest BCUT2D eigenvalue weighted by Gasteiger charge is 2.56. The van der Waals surface area contributed by atoms with Gasteiger partial charge in [0.25, 0.3) is 0 Å². The number of aliphatic hydroxyl groups excluding tert-OH is 1. The molecule has 1 aromatic carbocycles. The van der Waals surface area contributed by atoms with E-state index in [-0.39, 0.29) is 17.6 Å². The number of anilines is 2. The Bertz CT molecular complexity index is 1050. The number of urea groups is 1. The van der Waals surface area contributed by atoms with Crippen LogP contribution in [-0.2, 0) is 9.59 Å². The van der Waals surface area contributed by atoms with Gasteiger partial charge < -0.3 is 25.7 Å². The van der Waals surface area contributed by atoms with Crippen molar-refractivity contribution in [1.29, 1.82) is 0 Å². The van der Waals surface area contributed by atoms with Gasteiger partial charge in [-0.25, -0.2) is 9.59 Å². The molecular formula is C21H20N4O5. The Morgan fingerprint density at radius 2 is 1.87 bits per heavy atom. The lowest BCUT2D eigenvalue weighted by Crippen LogP contribution is -2.61. The van der Waals surface area contributed by atoms with Crippen LogP contribution in [0.2, 0.25) is 0 Å². The number of fused-ring (bicyclic) bond motifs is 1. The lowest BCUT2D eigenvalue weighted by atomic mass is 9.82. The predicted molar refractivity (Wildman–Crippen MR) is 108 cm³/mol. The minimum Gasteiger partial charge on any atom is -0.477 e. The zero-order chi connectivity index (χ0) is 21.4. The lowest BCUT2D eigenvalue weighted by Gasteiger charge is -2.44. The normalized spacial score (nSPS) is 21.0. The fourth-order valence-corrected chi connectivity index (χ4v) is 4.04. The first-order valence-corrected chi connectivity index (χ1v) is 9.43. The molecule has 2 aromatic rings. The number of carbonyl (C=O) groups is 3. The number of aromatic nitrogens is 1. The number of rotatable bonds is 5. The second-order valence-electron chi connectivity index (χ2n) is 7.27. The number of carbonyl (C=O) groups excluding carboxylic acids is 2. The van der Waals surface area contributed by atoms with Gasteiger partial charge in [-0.05, 0) is 48.7 Å². The molecule has 3 heterocycles. The molecule has 0 radical (unpaired) electrons. The van der Waals surface area contributed by atoms with E-state index in [1.165, 1.54) is 11.8 Å². The van der Waals surface area contributed by atoms with E-state index in [2.05, 4.69) is 15.6 Å². The van der Waals surface area contributed by atoms with Gasteiger partial charge in [-0.2, -0.15) is 0 Å². The molecule has 154 valence electrons. The summed E-state index contributed by atoms with van der Waals surface area (Å²) in [5.74, 6) is -2.18. The maximum atomic E-state index is 12.4. The number of pyridine rings is 1. The molecule has 2 aliphatic rings. The molecule has 1 fully saturated rings. The highest BCUT2D eigenvalue weighted by molar-refractivity contribution is 6.06. The molecule has 1 aromatic heterocycles. The van der Waals surface area contributed by atoms with Gasteiger partial charge in [0.2, 0.25) is 5.91 Å². The van der Waals surface area contributed by atoms with E-state index in [0.717, 1.165) is 0 Å². The van der Waals surface area contributed by atoms with Crippen molar-refractivity contribution >= 4 is 34.9 Å². The average Bonchev–Trinajstić information content (AvgIpc) is 3.04. The number of nitrogens with one attached hydrogen (secondary N) is 2. The maximum Gasteiger partial charge on any atom is 0.352 e. The second kappa shape index (κ2) is 7.60. The summed E-state index contributed by atoms with van der Waals surface area (Å²) in [4.78, 5) is 41.6. The smallest absolute Gasteiger partial charge is 0.352 e. The average molecular weight is 408 g/mol. The third-order valence-electron chi connectivity index (χ3n) is 5.34. The Morgan fingerprint density at radius 1 is 1.17 bits per heavy atom. The summed E-state index contributed by atoms with van der Waals surface area (Å²) in [6, 6.07) is 9.26. The summed E-state index contributed by atoms with van der Waals surface area (Å²) in [5.41, 5.74) is 2.09. The Balaban J connectivity index is 1.57. The number of hydrogen-bond donors (Lipinski definition) is 4. The van der Waals surface area contributed by atoms with Crippen molar-refractivity contribution in [2.24, 2.45) is 5.92 Å². The summed E-state index contributed by atoms with van der Waals surface area (Å²) < 4.78 is 0. The first-order chi connectivity index (χ1) is 14.4. The molecule has 4 N–H and O–H groups in total. The van der Waals surface area contributed by atoms with Gasteiger partial charge >= 0.3 is 12.0 Å². The number of aliphatic hydroxyl groups is 1. The third-order valence-corrected chi connectivity index (χ3v) is 5.34. The number of amides is 3. The standard InChI is InChI=1S/C21H20N4O5/c1-11(26)17-16-10-15(18(20(28)29)25(16)19(17)27)12-3-2-4-14(9-12)24-21(30)23-13-5-7-22-8-6-13/h2-9,11,16-17,26H,10H2,1H3,(H,28,29)(H2,22,23,24,30)/t11-,16-,17-/m1/s1. The monoisotopic (exact) mass is 408 g/mol. The summed E-state index contributed by atoms with van der Waals surface area (Å²) in [6.45, 7) is 1.53. The fraction of sp³-hybridized carbons (Fsp3) is 0.238. The third kappa shape index (κ3) is 3.39. The topological polar surface area (TPSA) is 132 Å². The molecule has 3 atom stereocenters. The Labute approximate surface area is 172 Å². The number of nitrogens with zero attached hydrogens (tertiary/aromatic N) is 2. The van der Waals surface area contributed by atoms with E-state index in [0.29, 0.717) is 28.9 Å². The van der Waals surface area contributed by atoms with Crippen LogP contribution in [0.3, 0.4) is 0 Å². The minimum absolute atomic E-state index is 0.0692. The van der Waals surface area contributed by atoms with Crippen LogP contribution >= 0.6 is 0 Å².